The summed E-state index contributed by atoms with van der Waals surface area (Å²) in [7, 11) is 0. The van der Waals surface area contributed by atoms with Crippen molar-refractivity contribution in [3.63, 3.8) is 0 Å². The maximum absolute atomic E-state index is 12.9. The lowest BCUT2D eigenvalue weighted by molar-refractivity contribution is 0.0858. The fourth-order valence-electron chi connectivity index (χ4n) is 2.77. The van der Waals surface area contributed by atoms with Crippen LogP contribution < -0.4 is 0 Å². The molecule has 3 aromatic rings. The fraction of sp³-hybridized carbons (Fsp3) is 0.300. The van der Waals surface area contributed by atoms with Crippen LogP contribution in [-0.2, 0) is 0 Å². The molecule has 0 saturated carbocycles. The molecule has 1 aromatic heterocycles. The molecule has 3 rings (SSSR count). The molecule has 0 spiro atoms. The van der Waals surface area contributed by atoms with E-state index in [9.17, 15) is 9.90 Å². The lowest BCUT2D eigenvalue weighted by Gasteiger charge is -2.20. The summed E-state index contributed by atoms with van der Waals surface area (Å²) in [6.07, 6.45) is 0.238. The molecule has 1 heterocycles. The number of rotatable bonds is 6. The third-order valence-corrected chi connectivity index (χ3v) is 4.61. The van der Waals surface area contributed by atoms with Crippen LogP contribution in [0.2, 0.25) is 5.02 Å². The Morgan fingerprint density at radius 1 is 1.15 bits per heavy atom. The maximum atomic E-state index is 12.9. The van der Waals surface area contributed by atoms with Gasteiger partial charge in [0.1, 0.15) is 0 Å². The molecule has 1 N–H and O–H groups in total. The molecule has 6 nitrogen and oxygen atoms in total. The van der Waals surface area contributed by atoms with Crippen molar-refractivity contribution in [2.75, 3.05) is 6.61 Å². The van der Waals surface area contributed by atoms with Crippen LogP contribution >= 0.6 is 11.6 Å². The SMILES string of the molecule is Cc1nnnn1-c1cc(C(=O)CC(C)(C)CO)cc(-c2ccc(Cl)cc2)c1. The van der Waals surface area contributed by atoms with Crippen molar-refractivity contribution >= 4 is 17.4 Å². The number of ketones is 1. The van der Waals surface area contributed by atoms with Crippen LogP contribution in [0.3, 0.4) is 0 Å². The number of halogens is 1. The molecular weight excluding hydrogens is 364 g/mol. The Kier molecular flexibility index (Phi) is 5.39. The number of nitrogens with zero attached hydrogens (tertiary/aromatic N) is 4. The zero-order chi connectivity index (χ0) is 19.6. The van der Waals surface area contributed by atoms with Crippen LogP contribution in [0.1, 0.15) is 36.5 Å². The van der Waals surface area contributed by atoms with Crippen molar-refractivity contribution < 1.29 is 9.90 Å². The average molecular weight is 385 g/mol. The number of hydrogen-bond donors (Lipinski definition) is 1. The topological polar surface area (TPSA) is 80.9 Å². The van der Waals surface area contributed by atoms with Crippen LogP contribution in [0.5, 0.6) is 0 Å². The summed E-state index contributed by atoms with van der Waals surface area (Å²) in [4.78, 5) is 12.9. The maximum Gasteiger partial charge on any atom is 0.163 e. The second kappa shape index (κ2) is 7.58. The van der Waals surface area contributed by atoms with Gasteiger partial charge in [0.25, 0.3) is 0 Å². The van der Waals surface area contributed by atoms with E-state index in [1.54, 1.807) is 17.7 Å². The highest BCUT2D eigenvalue weighted by atomic mass is 35.5. The highest BCUT2D eigenvalue weighted by molar-refractivity contribution is 6.30. The minimum atomic E-state index is -0.488. The molecule has 27 heavy (non-hydrogen) atoms. The summed E-state index contributed by atoms with van der Waals surface area (Å²) < 4.78 is 1.59. The predicted octanol–water partition coefficient (Wildman–Crippen LogP) is 3.88. The van der Waals surface area contributed by atoms with Crippen molar-refractivity contribution in [2.45, 2.75) is 27.2 Å². The number of carbonyl (C=O) groups is 1. The highest BCUT2D eigenvalue weighted by Crippen LogP contribution is 2.28. The lowest BCUT2D eigenvalue weighted by atomic mass is 9.86. The van der Waals surface area contributed by atoms with Crippen molar-refractivity contribution in [3.05, 3.63) is 58.9 Å². The molecule has 0 aliphatic rings. The molecule has 2 aromatic carbocycles. The van der Waals surface area contributed by atoms with E-state index in [-0.39, 0.29) is 18.8 Å². The standard InChI is InChI=1S/C20H21ClN4O2/c1-13-22-23-24-25(13)18-9-15(14-4-6-17(21)7-5-14)8-16(10-18)19(27)11-20(2,3)12-26/h4-10,26H,11-12H2,1-3H3. The molecule has 0 fully saturated rings. The highest BCUT2D eigenvalue weighted by Gasteiger charge is 2.23. The van der Waals surface area contributed by atoms with Gasteiger partial charge < -0.3 is 5.11 Å². The quantitative estimate of drug-likeness (QED) is 0.652. The summed E-state index contributed by atoms with van der Waals surface area (Å²) in [5.41, 5.74) is 2.56. The summed E-state index contributed by atoms with van der Waals surface area (Å²) in [6, 6.07) is 13.0. The van der Waals surface area contributed by atoms with Crippen molar-refractivity contribution in [2.24, 2.45) is 5.41 Å². The molecule has 0 amide bonds. The number of tetrazole rings is 1. The predicted molar refractivity (Wildman–Crippen MR) is 104 cm³/mol. The number of aliphatic hydroxyl groups excluding tert-OH is 1. The van der Waals surface area contributed by atoms with E-state index in [1.807, 2.05) is 50.2 Å². The molecule has 0 aliphatic heterocycles. The Bertz CT molecular complexity index is 964. The van der Waals surface area contributed by atoms with E-state index < -0.39 is 5.41 Å². The van der Waals surface area contributed by atoms with Crippen LogP contribution in [0.4, 0.5) is 0 Å². The van der Waals surface area contributed by atoms with Gasteiger partial charge in [-0.2, -0.15) is 4.68 Å². The van der Waals surface area contributed by atoms with Crippen molar-refractivity contribution in [1.29, 1.82) is 0 Å². The van der Waals surface area contributed by atoms with Gasteiger partial charge in [-0.3, -0.25) is 4.79 Å². The van der Waals surface area contributed by atoms with Gasteiger partial charge in [0.05, 0.1) is 5.69 Å². The van der Waals surface area contributed by atoms with Gasteiger partial charge in [-0.25, -0.2) is 0 Å². The van der Waals surface area contributed by atoms with Gasteiger partial charge in [0, 0.05) is 23.6 Å². The first-order valence-corrected chi connectivity index (χ1v) is 8.97. The van der Waals surface area contributed by atoms with Crippen molar-refractivity contribution in [1.82, 2.24) is 20.2 Å². The van der Waals surface area contributed by atoms with E-state index in [2.05, 4.69) is 15.5 Å². The van der Waals surface area contributed by atoms with E-state index in [0.29, 0.717) is 22.1 Å². The molecule has 0 bridgehead atoms. The zero-order valence-corrected chi connectivity index (χ0v) is 16.2. The van der Waals surface area contributed by atoms with E-state index in [1.165, 1.54) is 0 Å². The first-order chi connectivity index (χ1) is 12.8. The van der Waals surface area contributed by atoms with Gasteiger partial charge >= 0.3 is 0 Å². The molecular formula is C20H21ClN4O2. The van der Waals surface area contributed by atoms with Crippen LogP contribution in [0.15, 0.2) is 42.5 Å². The van der Waals surface area contributed by atoms with Crippen LogP contribution in [0.25, 0.3) is 16.8 Å². The van der Waals surface area contributed by atoms with Crippen LogP contribution in [0, 0.1) is 12.3 Å². The Morgan fingerprint density at radius 3 is 2.44 bits per heavy atom. The smallest absolute Gasteiger partial charge is 0.163 e. The normalized spacial score (nSPS) is 11.6. The largest absolute Gasteiger partial charge is 0.396 e. The number of carbonyl (C=O) groups excluding carboxylic acids is 1. The van der Waals surface area contributed by atoms with E-state index >= 15 is 0 Å². The van der Waals surface area contributed by atoms with Crippen LogP contribution in [-0.4, -0.2) is 37.7 Å². The summed E-state index contributed by atoms with van der Waals surface area (Å²) >= 11 is 5.99. The zero-order valence-electron chi connectivity index (χ0n) is 15.5. The molecule has 0 radical (unpaired) electrons. The summed E-state index contributed by atoms with van der Waals surface area (Å²) in [6.45, 7) is 5.46. The number of aryl methyl sites for hydroxylation is 1. The molecule has 140 valence electrons. The second-order valence-corrected chi connectivity index (χ2v) is 7.77. The number of aromatic nitrogens is 4. The minimum absolute atomic E-state index is 0.0446. The lowest BCUT2D eigenvalue weighted by Crippen LogP contribution is -2.21. The minimum Gasteiger partial charge on any atom is -0.396 e. The average Bonchev–Trinajstić information content (AvgIpc) is 3.07. The van der Waals surface area contributed by atoms with E-state index in [0.717, 1.165) is 11.1 Å². The Labute approximate surface area is 162 Å². The van der Waals surface area contributed by atoms with Gasteiger partial charge in [0.2, 0.25) is 0 Å². The Balaban J connectivity index is 2.10. The summed E-state index contributed by atoms with van der Waals surface area (Å²) in [5, 5.41) is 21.8. The summed E-state index contributed by atoms with van der Waals surface area (Å²) in [5.74, 6) is 0.578. The fourth-order valence-corrected chi connectivity index (χ4v) is 2.89. The molecule has 7 heteroatoms. The molecule has 0 atom stereocenters. The van der Waals surface area contributed by atoms with Gasteiger partial charge in [-0.1, -0.05) is 37.6 Å². The number of benzene rings is 2. The third kappa shape index (κ3) is 4.40. The first kappa shape index (κ1) is 19.2. The molecule has 0 unspecified atom stereocenters. The molecule has 0 saturated heterocycles. The van der Waals surface area contributed by atoms with E-state index in [4.69, 9.17) is 11.6 Å². The van der Waals surface area contributed by atoms with Crippen molar-refractivity contribution in [3.8, 4) is 16.8 Å². The third-order valence-electron chi connectivity index (χ3n) is 4.35. The van der Waals surface area contributed by atoms with Gasteiger partial charge in [-0.05, 0) is 64.2 Å². The first-order valence-electron chi connectivity index (χ1n) is 8.59. The Morgan fingerprint density at radius 2 is 1.85 bits per heavy atom. The Hall–Kier alpha value is -2.57. The van der Waals surface area contributed by atoms with Gasteiger partial charge in [-0.15, -0.1) is 5.10 Å². The number of hydrogen-bond acceptors (Lipinski definition) is 5. The molecule has 0 aliphatic carbocycles. The second-order valence-electron chi connectivity index (χ2n) is 7.34. The number of Topliss-reactive ketones (excluding diaryl/α,β-unsaturated/α-hetero) is 1. The number of aliphatic hydroxyl groups is 1. The monoisotopic (exact) mass is 384 g/mol. The van der Waals surface area contributed by atoms with Gasteiger partial charge in [0.15, 0.2) is 11.6 Å².